The molecule has 1 aromatic carbocycles. The number of halogens is 2. The molecule has 2 rings (SSSR count). The predicted octanol–water partition coefficient (Wildman–Crippen LogP) is 3.12. The smallest absolute Gasteiger partial charge is 0.132 e. The van der Waals surface area contributed by atoms with Gasteiger partial charge in [-0.25, -0.2) is 4.39 Å². The fourth-order valence-electron chi connectivity index (χ4n) is 1.43. The number of hydrogen-bond donors (Lipinski definition) is 0. The van der Waals surface area contributed by atoms with Crippen LogP contribution in [0.5, 0.6) is 0 Å². The van der Waals surface area contributed by atoms with Crippen molar-refractivity contribution >= 4 is 15.9 Å². The van der Waals surface area contributed by atoms with Gasteiger partial charge in [0.15, 0.2) is 0 Å². The minimum atomic E-state index is -0.239. The minimum absolute atomic E-state index is 0.239. The monoisotopic (exact) mass is 268 g/mol. The summed E-state index contributed by atoms with van der Waals surface area (Å²) >= 11 is 3.36. The zero-order chi connectivity index (χ0) is 10.8. The third-order valence-corrected chi connectivity index (χ3v) is 2.84. The molecule has 2 aromatic rings. The first-order chi connectivity index (χ1) is 7.22. The number of aryl methyl sites for hydroxylation is 1. The van der Waals surface area contributed by atoms with Gasteiger partial charge in [-0.05, 0) is 18.2 Å². The second kappa shape index (κ2) is 4.14. The first-order valence-corrected chi connectivity index (χ1v) is 5.68. The van der Waals surface area contributed by atoms with Gasteiger partial charge < -0.3 is 0 Å². The summed E-state index contributed by atoms with van der Waals surface area (Å²) in [5.74, 6) is -0.239. The molecule has 4 heteroatoms. The van der Waals surface area contributed by atoms with E-state index in [2.05, 4.69) is 21.0 Å². The van der Waals surface area contributed by atoms with E-state index < -0.39 is 0 Å². The molecule has 0 saturated carbocycles. The van der Waals surface area contributed by atoms with Crippen LogP contribution in [0.3, 0.4) is 0 Å². The average molecular weight is 269 g/mol. The lowest BCUT2D eigenvalue weighted by Gasteiger charge is -1.97. The summed E-state index contributed by atoms with van der Waals surface area (Å²) in [5, 5.41) is 4.97. The van der Waals surface area contributed by atoms with Gasteiger partial charge in [-0.2, -0.15) is 5.10 Å². The lowest BCUT2D eigenvalue weighted by atomic mass is 10.1. The summed E-state index contributed by atoms with van der Waals surface area (Å²) in [6.45, 7) is 0. The maximum Gasteiger partial charge on any atom is 0.132 e. The summed E-state index contributed by atoms with van der Waals surface area (Å²) in [5.41, 5.74) is 2.23. The van der Waals surface area contributed by atoms with E-state index in [0.717, 1.165) is 5.69 Å². The molecular formula is C11H10BrFN2. The van der Waals surface area contributed by atoms with E-state index in [1.807, 2.05) is 13.1 Å². The molecule has 0 fully saturated rings. The van der Waals surface area contributed by atoms with Gasteiger partial charge in [-0.15, -0.1) is 0 Å². The van der Waals surface area contributed by atoms with Crippen LogP contribution in [0.25, 0.3) is 11.3 Å². The zero-order valence-corrected chi connectivity index (χ0v) is 9.83. The number of nitrogens with zero attached hydrogens (tertiary/aromatic N) is 2. The van der Waals surface area contributed by atoms with E-state index in [-0.39, 0.29) is 5.82 Å². The van der Waals surface area contributed by atoms with Gasteiger partial charge in [0, 0.05) is 23.6 Å². The molecule has 0 saturated heterocycles. The van der Waals surface area contributed by atoms with Crippen molar-refractivity contribution in [1.82, 2.24) is 9.78 Å². The fraction of sp³-hybridized carbons (Fsp3) is 0.182. The normalized spacial score (nSPS) is 10.6. The molecule has 0 spiro atoms. The highest BCUT2D eigenvalue weighted by molar-refractivity contribution is 9.08. The number of hydrogen-bond acceptors (Lipinski definition) is 1. The van der Waals surface area contributed by atoms with Crippen LogP contribution in [0.4, 0.5) is 4.39 Å². The van der Waals surface area contributed by atoms with Crippen LogP contribution in [0.2, 0.25) is 0 Å². The van der Waals surface area contributed by atoms with Crippen molar-refractivity contribution in [1.29, 1.82) is 0 Å². The van der Waals surface area contributed by atoms with Gasteiger partial charge in [0.1, 0.15) is 5.82 Å². The molecule has 0 amide bonds. The highest BCUT2D eigenvalue weighted by Crippen LogP contribution is 2.22. The van der Waals surface area contributed by atoms with E-state index in [1.54, 1.807) is 22.9 Å². The van der Waals surface area contributed by atoms with Gasteiger partial charge >= 0.3 is 0 Å². The van der Waals surface area contributed by atoms with Gasteiger partial charge in [0.25, 0.3) is 0 Å². The van der Waals surface area contributed by atoms with Crippen molar-refractivity contribution in [2.45, 2.75) is 5.33 Å². The Morgan fingerprint density at radius 3 is 2.73 bits per heavy atom. The van der Waals surface area contributed by atoms with Crippen LogP contribution >= 0.6 is 15.9 Å². The van der Waals surface area contributed by atoms with Crippen LogP contribution < -0.4 is 0 Å². The Labute approximate surface area is 95.9 Å². The Balaban J connectivity index is 2.50. The highest BCUT2D eigenvalue weighted by Gasteiger charge is 2.09. The number of rotatable bonds is 2. The molecule has 0 aliphatic rings. The lowest BCUT2D eigenvalue weighted by Crippen LogP contribution is -1.94. The van der Waals surface area contributed by atoms with Crippen LogP contribution in [0, 0.1) is 5.82 Å². The van der Waals surface area contributed by atoms with Crippen LogP contribution in [0.15, 0.2) is 30.3 Å². The molecular weight excluding hydrogens is 259 g/mol. The Kier molecular flexibility index (Phi) is 2.86. The maximum absolute atomic E-state index is 13.5. The van der Waals surface area contributed by atoms with Crippen LogP contribution in [-0.2, 0) is 12.4 Å². The topological polar surface area (TPSA) is 17.8 Å². The van der Waals surface area contributed by atoms with E-state index in [1.165, 1.54) is 6.07 Å². The molecule has 0 aliphatic carbocycles. The third kappa shape index (κ3) is 1.95. The highest BCUT2D eigenvalue weighted by atomic mass is 79.9. The first-order valence-electron chi connectivity index (χ1n) is 4.56. The van der Waals surface area contributed by atoms with Crippen molar-refractivity contribution < 1.29 is 4.39 Å². The Morgan fingerprint density at radius 1 is 1.40 bits per heavy atom. The fourth-order valence-corrected chi connectivity index (χ4v) is 1.96. The predicted molar refractivity (Wildman–Crippen MR) is 61.2 cm³/mol. The first kappa shape index (κ1) is 10.4. The summed E-state index contributed by atoms with van der Waals surface area (Å²) < 4.78 is 15.2. The summed E-state index contributed by atoms with van der Waals surface area (Å²) in [6.07, 6.45) is 0. The van der Waals surface area contributed by atoms with Gasteiger partial charge in [-0.3, -0.25) is 4.68 Å². The second-order valence-corrected chi connectivity index (χ2v) is 3.82. The van der Waals surface area contributed by atoms with E-state index in [9.17, 15) is 4.39 Å². The van der Waals surface area contributed by atoms with Crippen LogP contribution in [0.1, 0.15) is 5.69 Å². The standard InChI is InChI=1S/C11H10BrFN2/c1-15-8(7-12)6-11(14-15)9-4-2-3-5-10(9)13/h2-6H,7H2,1H3. The molecule has 0 N–H and O–H groups in total. The summed E-state index contributed by atoms with van der Waals surface area (Å²) in [4.78, 5) is 0. The molecule has 0 atom stereocenters. The molecule has 0 bridgehead atoms. The van der Waals surface area contributed by atoms with Gasteiger partial charge in [-0.1, -0.05) is 28.1 Å². The second-order valence-electron chi connectivity index (χ2n) is 3.26. The molecule has 15 heavy (non-hydrogen) atoms. The summed E-state index contributed by atoms with van der Waals surface area (Å²) in [6, 6.07) is 8.54. The van der Waals surface area contributed by atoms with E-state index in [4.69, 9.17) is 0 Å². The maximum atomic E-state index is 13.5. The minimum Gasteiger partial charge on any atom is -0.271 e. The summed E-state index contributed by atoms with van der Waals surface area (Å²) in [7, 11) is 1.85. The van der Waals surface area contributed by atoms with Gasteiger partial charge in [0.2, 0.25) is 0 Å². The third-order valence-electron chi connectivity index (χ3n) is 2.26. The molecule has 2 nitrogen and oxygen atoms in total. The van der Waals surface area contributed by atoms with Crippen molar-refractivity contribution in [2.75, 3.05) is 0 Å². The molecule has 0 unspecified atom stereocenters. The SMILES string of the molecule is Cn1nc(-c2ccccc2F)cc1CBr. The number of benzene rings is 1. The largest absolute Gasteiger partial charge is 0.271 e. The molecule has 1 aromatic heterocycles. The molecule has 0 radical (unpaired) electrons. The van der Waals surface area contributed by atoms with Crippen molar-refractivity contribution in [3.8, 4) is 11.3 Å². The quantitative estimate of drug-likeness (QED) is 0.766. The molecule has 0 aliphatic heterocycles. The van der Waals surface area contributed by atoms with Crippen LogP contribution in [-0.4, -0.2) is 9.78 Å². The lowest BCUT2D eigenvalue weighted by molar-refractivity contribution is 0.630. The average Bonchev–Trinajstić information content (AvgIpc) is 2.60. The van der Waals surface area contributed by atoms with E-state index in [0.29, 0.717) is 16.6 Å². The van der Waals surface area contributed by atoms with E-state index >= 15 is 0 Å². The van der Waals surface area contributed by atoms with Crippen molar-refractivity contribution in [3.63, 3.8) is 0 Å². The van der Waals surface area contributed by atoms with Gasteiger partial charge in [0.05, 0.1) is 5.69 Å². The molecule has 78 valence electrons. The zero-order valence-electron chi connectivity index (χ0n) is 8.24. The Morgan fingerprint density at radius 2 is 2.13 bits per heavy atom. The molecule has 1 heterocycles. The van der Waals surface area contributed by atoms with Crippen molar-refractivity contribution in [2.24, 2.45) is 7.05 Å². The Bertz CT molecular complexity index is 479. The van der Waals surface area contributed by atoms with Crippen molar-refractivity contribution in [3.05, 3.63) is 41.8 Å². The number of alkyl halides is 1. The Hall–Kier alpha value is -1.16. The number of aromatic nitrogens is 2.